The van der Waals surface area contributed by atoms with E-state index in [2.05, 4.69) is 26.8 Å². The topological polar surface area (TPSA) is 58.3 Å². The molecule has 2 rings (SSSR count). The van der Waals surface area contributed by atoms with E-state index in [4.69, 9.17) is 5.73 Å². The molecule has 0 aliphatic carbocycles. The maximum atomic E-state index is 5.85. The van der Waals surface area contributed by atoms with Gasteiger partial charge in [0.25, 0.3) is 0 Å². The Kier molecular flexibility index (Phi) is 3.24. The van der Waals surface area contributed by atoms with Crippen LogP contribution in [0.1, 0.15) is 6.42 Å². The van der Waals surface area contributed by atoms with Gasteiger partial charge in [-0.15, -0.1) is 0 Å². The largest absolute Gasteiger partial charge is 0.394 e. The fraction of sp³-hybridized carbons (Fsp3) is 0.636. The first-order valence-corrected chi connectivity index (χ1v) is 5.62. The summed E-state index contributed by atoms with van der Waals surface area (Å²) in [7, 11) is 4.20. The highest BCUT2D eigenvalue weighted by molar-refractivity contribution is 5.60. The van der Waals surface area contributed by atoms with Crippen LogP contribution in [0.5, 0.6) is 0 Å². The van der Waals surface area contributed by atoms with Gasteiger partial charge >= 0.3 is 0 Å². The van der Waals surface area contributed by atoms with Gasteiger partial charge in [0.2, 0.25) is 0 Å². The van der Waals surface area contributed by atoms with Crippen LogP contribution in [0.15, 0.2) is 12.5 Å². The van der Waals surface area contributed by atoms with Gasteiger partial charge in [-0.2, -0.15) is 0 Å². The van der Waals surface area contributed by atoms with E-state index in [1.54, 1.807) is 12.5 Å². The van der Waals surface area contributed by atoms with Gasteiger partial charge in [0.15, 0.2) is 5.82 Å². The van der Waals surface area contributed by atoms with Crippen LogP contribution < -0.4 is 10.6 Å². The monoisotopic (exact) mass is 221 g/mol. The minimum absolute atomic E-state index is 0.649. The van der Waals surface area contributed by atoms with Gasteiger partial charge in [0, 0.05) is 20.1 Å². The predicted molar refractivity (Wildman–Crippen MR) is 65.3 cm³/mol. The smallest absolute Gasteiger partial charge is 0.154 e. The quantitative estimate of drug-likeness (QED) is 0.803. The van der Waals surface area contributed by atoms with Crippen molar-refractivity contribution in [2.24, 2.45) is 5.92 Å². The molecule has 1 aromatic rings. The lowest BCUT2D eigenvalue weighted by atomic mass is 10.1. The summed E-state index contributed by atoms with van der Waals surface area (Å²) < 4.78 is 0. The van der Waals surface area contributed by atoms with Crippen LogP contribution in [0.4, 0.5) is 11.5 Å². The normalized spacial score (nSPS) is 21.2. The number of nitrogen functional groups attached to an aromatic ring is 1. The Labute approximate surface area is 96.3 Å². The molecule has 0 saturated carbocycles. The number of likely N-dealkylation sites (tertiary alicyclic amines) is 1. The van der Waals surface area contributed by atoms with Crippen LogP contribution >= 0.6 is 0 Å². The van der Waals surface area contributed by atoms with Crippen LogP contribution in [-0.4, -0.2) is 48.6 Å². The summed E-state index contributed by atoms with van der Waals surface area (Å²) in [6.07, 6.45) is 4.45. The lowest BCUT2D eigenvalue weighted by Gasteiger charge is -2.22. The fourth-order valence-electron chi connectivity index (χ4n) is 2.30. The Morgan fingerprint density at radius 3 is 3.06 bits per heavy atom. The minimum Gasteiger partial charge on any atom is -0.394 e. The zero-order valence-corrected chi connectivity index (χ0v) is 9.93. The standard InChI is InChI=1S/C11H19N5/c1-15-4-3-9(6-15)7-16(2)11-10(12)5-13-8-14-11/h5,8-9H,3-4,6-7,12H2,1-2H3. The molecule has 16 heavy (non-hydrogen) atoms. The van der Waals surface area contributed by atoms with Gasteiger partial charge in [-0.05, 0) is 25.9 Å². The molecule has 0 aromatic carbocycles. The molecule has 5 nitrogen and oxygen atoms in total. The average Bonchev–Trinajstić information content (AvgIpc) is 2.64. The lowest BCUT2D eigenvalue weighted by Crippen LogP contribution is -2.28. The van der Waals surface area contributed by atoms with Crippen molar-refractivity contribution in [1.82, 2.24) is 14.9 Å². The number of anilines is 2. The number of nitrogens with two attached hydrogens (primary N) is 1. The van der Waals surface area contributed by atoms with Gasteiger partial charge < -0.3 is 15.5 Å². The first kappa shape index (κ1) is 11.1. The first-order valence-electron chi connectivity index (χ1n) is 5.62. The average molecular weight is 221 g/mol. The molecule has 0 radical (unpaired) electrons. The van der Waals surface area contributed by atoms with E-state index in [-0.39, 0.29) is 0 Å². The van der Waals surface area contributed by atoms with Crippen LogP contribution in [0, 0.1) is 5.92 Å². The van der Waals surface area contributed by atoms with Crippen LogP contribution in [0.2, 0.25) is 0 Å². The summed E-state index contributed by atoms with van der Waals surface area (Å²) in [5.74, 6) is 1.55. The molecule has 1 atom stereocenters. The third-order valence-corrected chi connectivity index (χ3v) is 3.10. The molecule has 1 unspecified atom stereocenters. The minimum atomic E-state index is 0.649. The molecular formula is C11H19N5. The lowest BCUT2D eigenvalue weighted by molar-refractivity contribution is 0.395. The molecule has 1 aromatic heterocycles. The van der Waals surface area contributed by atoms with Crippen LogP contribution in [0.25, 0.3) is 0 Å². The van der Waals surface area contributed by atoms with Crippen molar-refractivity contribution < 1.29 is 0 Å². The number of hydrogen-bond acceptors (Lipinski definition) is 5. The van der Waals surface area contributed by atoms with Crippen molar-refractivity contribution in [3.8, 4) is 0 Å². The predicted octanol–water partition coefficient (Wildman–Crippen LogP) is 0.447. The number of hydrogen-bond donors (Lipinski definition) is 1. The van der Waals surface area contributed by atoms with Crippen molar-refractivity contribution in [2.45, 2.75) is 6.42 Å². The molecular weight excluding hydrogens is 202 g/mol. The van der Waals surface area contributed by atoms with Crippen LogP contribution in [-0.2, 0) is 0 Å². The first-order chi connectivity index (χ1) is 7.66. The third-order valence-electron chi connectivity index (χ3n) is 3.10. The zero-order valence-electron chi connectivity index (χ0n) is 9.93. The summed E-state index contributed by atoms with van der Waals surface area (Å²) in [4.78, 5) is 12.6. The highest BCUT2D eigenvalue weighted by Gasteiger charge is 2.21. The van der Waals surface area contributed by atoms with Gasteiger partial charge in [-0.3, -0.25) is 0 Å². The summed E-state index contributed by atoms with van der Waals surface area (Å²) in [5, 5.41) is 0. The molecule has 0 spiro atoms. The van der Waals surface area contributed by atoms with E-state index in [9.17, 15) is 0 Å². The summed E-state index contributed by atoms with van der Waals surface area (Å²) in [5.41, 5.74) is 6.50. The van der Waals surface area contributed by atoms with Crippen LogP contribution in [0.3, 0.4) is 0 Å². The SMILES string of the molecule is CN1CCC(CN(C)c2ncncc2N)C1. The van der Waals surface area contributed by atoms with Crippen molar-refractivity contribution in [3.05, 3.63) is 12.5 Å². The molecule has 5 heteroatoms. The Morgan fingerprint density at radius 2 is 2.44 bits per heavy atom. The Bertz CT molecular complexity index is 354. The molecule has 0 bridgehead atoms. The highest BCUT2D eigenvalue weighted by Crippen LogP contribution is 2.21. The van der Waals surface area contributed by atoms with Crippen molar-refractivity contribution in [3.63, 3.8) is 0 Å². The second-order valence-corrected chi connectivity index (χ2v) is 4.60. The molecule has 1 aliphatic heterocycles. The van der Waals surface area contributed by atoms with E-state index < -0.39 is 0 Å². The van der Waals surface area contributed by atoms with Crippen molar-refractivity contribution >= 4 is 11.5 Å². The molecule has 88 valence electrons. The van der Waals surface area contributed by atoms with Gasteiger partial charge in [0.1, 0.15) is 6.33 Å². The molecule has 1 fully saturated rings. The Hall–Kier alpha value is -1.36. The number of rotatable bonds is 3. The molecule has 2 heterocycles. The van der Waals surface area contributed by atoms with E-state index in [1.807, 2.05) is 7.05 Å². The van der Waals surface area contributed by atoms with Gasteiger partial charge in [-0.1, -0.05) is 0 Å². The van der Waals surface area contributed by atoms with Gasteiger partial charge in [-0.25, -0.2) is 9.97 Å². The second-order valence-electron chi connectivity index (χ2n) is 4.60. The summed E-state index contributed by atoms with van der Waals surface area (Å²) >= 11 is 0. The molecule has 0 amide bonds. The van der Waals surface area contributed by atoms with Gasteiger partial charge in [0.05, 0.1) is 11.9 Å². The molecule has 1 saturated heterocycles. The third kappa shape index (κ3) is 2.41. The van der Waals surface area contributed by atoms with E-state index >= 15 is 0 Å². The van der Waals surface area contributed by atoms with E-state index in [1.165, 1.54) is 13.0 Å². The van der Waals surface area contributed by atoms with E-state index in [0.29, 0.717) is 11.6 Å². The Morgan fingerprint density at radius 1 is 1.62 bits per heavy atom. The van der Waals surface area contributed by atoms with Crippen molar-refractivity contribution in [2.75, 3.05) is 44.4 Å². The molecule has 2 N–H and O–H groups in total. The fourth-order valence-corrected chi connectivity index (χ4v) is 2.30. The number of nitrogens with zero attached hydrogens (tertiary/aromatic N) is 4. The molecule has 1 aliphatic rings. The maximum Gasteiger partial charge on any atom is 0.154 e. The Balaban J connectivity index is 1.98. The maximum absolute atomic E-state index is 5.85. The second kappa shape index (κ2) is 4.65. The number of aromatic nitrogens is 2. The zero-order chi connectivity index (χ0) is 11.5. The van der Waals surface area contributed by atoms with Crippen molar-refractivity contribution in [1.29, 1.82) is 0 Å². The highest BCUT2D eigenvalue weighted by atomic mass is 15.2. The van der Waals surface area contributed by atoms with E-state index in [0.717, 1.165) is 18.9 Å². The summed E-state index contributed by atoms with van der Waals surface area (Å²) in [6.45, 7) is 3.36. The summed E-state index contributed by atoms with van der Waals surface area (Å²) in [6, 6.07) is 0.